The molecule has 6 heteroatoms. The molecule has 1 rings (SSSR count). The lowest BCUT2D eigenvalue weighted by Crippen LogP contribution is -2.34. The highest BCUT2D eigenvalue weighted by molar-refractivity contribution is 5.99. The van der Waals surface area contributed by atoms with Crippen LogP contribution in [0.25, 0.3) is 0 Å². The predicted molar refractivity (Wildman–Crippen MR) is 68.9 cm³/mol. The van der Waals surface area contributed by atoms with Crippen LogP contribution in [0.4, 0.5) is 15.8 Å². The Morgan fingerprint density at radius 3 is 2.56 bits per heavy atom. The number of nitrogen functional groups attached to an aromatic ring is 1. The van der Waals surface area contributed by atoms with Crippen molar-refractivity contribution in [3.05, 3.63) is 23.5 Å². The molecule has 0 aromatic heterocycles. The fourth-order valence-corrected chi connectivity index (χ4v) is 1.78. The largest absolute Gasteiger partial charge is 0.398 e. The van der Waals surface area contributed by atoms with Crippen molar-refractivity contribution in [3.63, 3.8) is 0 Å². The van der Waals surface area contributed by atoms with Crippen molar-refractivity contribution in [2.45, 2.75) is 19.9 Å². The summed E-state index contributed by atoms with van der Waals surface area (Å²) < 4.78 is 13.9. The van der Waals surface area contributed by atoms with Gasteiger partial charge in [-0.15, -0.1) is 0 Å². The number of primary amides is 1. The average Bonchev–Trinajstić information content (AvgIpc) is 2.26. The second kappa shape index (κ2) is 5.68. The van der Waals surface area contributed by atoms with Crippen molar-refractivity contribution in [3.8, 4) is 0 Å². The highest BCUT2D eigenvalue weighted by Gasteiger charge is 2.18. The normalized spacial score (nSPS) is 10.7. The highest BCUT2D eigenvalue weighted by atomic mass is 19.1. The number of carbonyl (C=O) groups excluding carboxylic acids is 1. The number of rotatable bonds is 5. The molecular weight excluding hydrogens is 237 g/mol. The Kier molecular flexibility index (Phi) is 4.49. The summed E-state index contributed by atoms with van der Waals surface area (Å²) in [5.41, 5.74) is 11.0. The van der Waals surface area contributed by atoms with Crippen molar-refractivity contribution in [2.24, 2.45) is 5.73 Å². The van der Waals surface area contributed by atoms with Crippen LogP contribution in [0.15, 0.2) is 12.1 Å². The number of nitrogens with two attached hydrogens (primary N) is 2. The van der Waals surface area contributed by atoms with Crippen LogP contribution >= 0.6 is 0 Å². The van der Waals surface area contributed by atoms with Crippen LogP contribution in [0.1, 0.15) is 24.2 Å². The van der Waals surface area contributed by atoms with Crippen LogP contribution in [0.3, 0.4) is 0 Å². The first-order chi connectivity index (χ1) is 8.38. The summed E-state index contributed by atoms with van der Waals surface area (Å²) in [5, 5.41) is 8.99. The number of amides is 1. The average molecular weight is 255 g/mol. The van der Waals surface area contributed by atoms with E-state index in [1.165, 1.54) is 6.07 Å². The number of nitrogens with zero attached hydrogens (tertiary/aromatic N) is 1. The Hall–Kier alpha value is -1.82. The van der Waals surface area contributed by atoms with Crippen LogP contribution in [-0.4, -0.2) is 30.2 Å². The molecule has 5 N–H and O–H groups in total. The van der Waals surface area contributed by atoms with Gasteiger partial charge in [-0.3, -0.25) is 4.79 Å². The van der Waals surface area contributed by atoms with Crippen molar-refractivity contribution in [1.82, 2.24) is 0 Å². The number of benzene rings is 1. The first kappa shape index (κ1) is 14.2. The molecule has 100 valence electrons. The van der Waals surface area contributed by atoms with Gasteiger partial charge in [-0.1, -0.05) is 0 Å². The van der Waals surface area contributed by atoms with E-state index in [0.717, 1.165) is 6.07 Å². The number of aliphatic hydroxyl groups is 1. The van der Waals surface area contributed by atoms with Gasteiger partial charge in [-0.2, -0.15) is 0 Å². The fourth-order valence-electron chi connectivity index (χ4n) is 1.78. The molecule has 0 radical (unpaired) electrons. The van der Waals surface area contributed by atoms with Crippen LogP contribution in [0.5, 0.6) is 0 Å². The summed E-state index contributed by atoms with van der Waals surface area (Å²) in [7, 11) is 0. The summed E-state index contributed by atoms with van der Waals surface area (Å²) in [6.45, 7) is 3.86. The third kappa shape index (κ3) is 2.89. The van der Waals surface area contributed by atoms with E-state index in [-0.39, 0.29) is 36.1 Å². The van der Waals surface area contributed by atoms with Gasteiger partial charge in [0.1, 0.15) is 5.82 Å². The van der Waals surface area contributed by atoms with Crippen molar-refractivity contribution >= 4 is 17.3 Å². The standard InChI is InChI=1S/C12H18FN3O2/c1-7(2)16(3-4-17)11-5-8(12(15)18)10(14)6-9(11)13/h5-7,17H,3-4,14H2,1-2H3,(H2,15,18). The lowest BCUT2D eigenvalue weighted by molar-refractivity contribution is 0.100. The Morgan fingerprint density at radius 1 is 1.50 bits per heavy atom. The minimum absolute atomic E-state index is 0.0106. The van der Waals surface area contributed by atoms with E-state index in [1.807, 2.05) is 13.8 Å². The van der Waals surface area contributed by atoms with Crippen molar-refractivity contribution in [1.29, 1.82) is 0 Å². The number of carbonyl (C=O) groups is 1. The molecule has 1 aromatic rings. The molecule has 0 bridgehead atoms. The zero-order valence-corrected chi connectivity index (χ0v) is 10.5. The van der Waals surface area contributed by atoms with Crippen LogP contribution in [0, 0.1) is 5.82 Å². The topological polar surface area (TPSA) is 92.6 Å². The maximum atomic E-state index is 13.9. The third-order valence-corrected chi connectivity index (χ3v) is 2.66. The Balaban J connectivity index is 3.29. The van der Waals surface area contributed by atoms with Gasteiger partial charge in [-0.05, 0) is 26.0 Å². The van der Waals surface area contributed by atoms with E-state index in [4.69, 9.17) is 16.6 Å². The molecule has 0 saturated carbocycles. The summed E-state index contributed by atoms with van der Waals surface area (Å²) in [6, 6.07) is 2.36. The molecule has 0 aliphatic heterocycles. The van der Waals surface area contributed by atoms with Crippen molar-refractivity contribution in [2.75, 3.05) is 23.8 Å². The van der Waals surface area contributed by atoms with Gasteiger partial charge in [0.25, 0.3) is 5.91 Å². The highest BCUT2D eigenvalue weighted by Crippen LogP contribution is 2.26. The number of anilines is 2. The number of halogens is 1. The maximum Gasteiger partial charge on any atom is 0.250 e. The molecule has 0 fully saturated rings. The second-order valence-corrected chi connectivity index (χ2v) is 4.27. The molecule has 0 heterocycles. The minimum atomic E-state index is -0.707. The molecule has 5 nitrogen and oxygen atoms in total. The second-order valence-electron chi connectivity index (χ2n) is 4.27. The quantitative estimate of drug-likeness (QED) is 0.676. The Morgan fingerprint density at radius 2 is 2.11 bits per heavy atom. The monoisotopic (exact) mass is 255 g/mol. The summed E-state index contributed by atoms with van der Waals surface area (Å²) in [6.07, 6.45) is 0. The van der Waals surface area contributed by atoms with Gasteiger partial charge in [0.05, 0.1) is 17.9 Å². The van der Waals surface area contributed by atoms with Gasteiger partial charge >= 0.3 is 0 Å². The van der Waals surface area contributed by atoms with Gasteiger partial charge < -0.3 is 21.5 Å². The molecule has 18 heavy (non-hydrogen) atoms. The summed E-state index contributed by atoms with van der Waals surface area (Å²) in [5.74, 6) is -1.25. The number of hydrogen-bond acceptors (Lipinski definition) is 4. The van der Waals surface area contributed by atoms with Gasteiger partial charge in [0, 0.05) is 18.3 Å². The molecular formula is C12H18FN3O2. The SMILES string of the molecule is CC(C)N(CCO)c1cc(C(N)=O)c(N)cc1F. The molecule has 0 atom stereocenters. The molecule has 1 amide bonds. The molecule has 0 aliphatic rings. The molecule has 0 unspecified atom stereocenters. The molecule has 0 spiro atoms. The maximum absolute atomic E-state index is 13.9. The first-order valence-electron chi connectivity index (χ1n) is 5.64. The zero-order valence-electron chi connectivity index (χ0n) is 10.5. The lowest BCUT2D eigenvalue weighted by atomic mass is 10.1. The van der Waals surface area contributed by atoms with Gasteiger partial charge in [-0.25, -0.2) is 4.39 Å². The zero-order chi connectivity index (χ0) is 13.9. The summed E-state index contributed by atoms with van der Waals surface area (Å²) in [4.78, 5) is 12.8. The molecule has 0 aliphatic carbocycles. The van der Waals surface area contributed by atoms with Gasteiger partial charge in [0.2, 0.25) is 0 Å². The minimum Gasteiger partial charge on any atom is -0.398 e. The first-order valence-corrected chi connectivity index (χ1v) is 5.64. The molecule has 1 aromatic carbocycles. The van der Waals surface area contributed by atoms with E-state index >= 15 is 0 Å². The Labute approximate surface area is 105 Å². The summed E-state index contributed by atoms with van der Waals surface area (Å²) >= 11 is 0. The third-order valence-electron chi connectivity index (χ3n) is 2.66. The molecule has 0 saturated heterocycles. The Bertz CT molecular complexity index is 449. The van der Waals surface area contributed by atoms with E-state index < -0.39 is 11.7 Å². The number of aliphatic hydroxyl groups excluding tert-OH is 1. The van der Waals surface area contributed by atoms with E-state index in [2.05, 4.69) is 0 Å². The van der Waals surface area contributed by atoms with Crippen molar-refractivity contribution < 1.29 is 14.3 Å². The van der Waals surface area contributed by atoms with Crippen LogP contribution in [0.2, 0.25) is 0 Å². The smallest absolute Gasteiger partial charge is 0.250 e. The lowest BCUT2D eigenvalue weighted by Gasteiger charge is -2.29. The predicted octanol–water partition coefficient (Wildman–Crippen LogP) is 0.714. The van der Waals surface area contributed by atoms with E-state index in [1.54, 1.807) is 4.90 Å². The van der Waals surface area contributed by atoms with Crippen LogP contribution < -0.4 is 16.4 Å². The van der Waals surface area contributed by atoms with Crippen LogP contribution in [-0.2, 0) is 0 Å². The fraction of sp³-hybridized carbons (Fsp3) is 0.417. The van der Waals surface area contributed by atoms with Gasteiger partial charge in [0.15, 0.2) is 0 Å². The van der Waals surface area contributed by atoms with E-state index in [0.29, 0.717) is 0 Å². The van der Waals surface area contributed by atoms with E-state index in [9.17, 15) is 9.18 Å². The number of hydrogen-bond donors (Lipinski definition) is 3.